The van der Waals surface area contributed by atoms with E-state index in [1.165, 1.54) is 17.4 Å². The Morgan fingerprint density at radius 2 is 2.35 bits per heavy atom. The normalized spacial score (nSPS) is 12.6. The van der Waals surface area contributed by atoms with E-state index in [0.717, 1.165) is 11.8 Å². The van der Waals surface area contributed by atoms with E-state index >= 15 is 0 Å². The minimum Gasteiger partial charge on any atom is -0.508 e. The number of hydrogen-bond donors (Lipinski definition) is 2. The van der Waals surface area contributed by atoms with Gasteiger partial charge in [-0.2, -0.15) is 0 Å². The van der Waals surface area contributed by atoms with Crippen LogP contribution in [0.2, 0.25) is 0 Å². The lowest BCUT2D eigenvalue weighted by molar-refractivity contribution is 0.463. The van der Waals surface area contributed by atoms with Crippen LogP contribution in [-0.2, 0) is 6.54 Å². The van der Waals surface area contributed by atoms with Gasteiger partial charge in [-0.15, -0.1) is 11.3 Å². The molecule has 17 heavy (non-hydrogen) atoms. The van der Waals surface area contributed by atoms with Crippen molar-refractivity contribution in [2.45, 2.75) is 19.5 Å². The highest BCUT2D eigenvalue weighted by atomic mass is 32.1. The Bertz CT molecular complexity index is 487. The highest BCUT2D eigenvalue weighted by Crippen LogP contribution is 2.21. The summed E-state index contributed by atoms with van der Waals surface area (Å²) in [4.78, 5) is 4.14. The maximum atomic E-state index is 13.6. The van der Waals surface area contributed by atoms with Crippen LogP contribution in [-0.4, -0.2) is 10.1 Å². The summed E-state index contributed by atoms with van der Waals surface area (Å²) in [6.07, 6.45) is 0. The lowest BCUT2D eigenvalue weighted by atomic mass is 10.1. The third kappa shape index (κ3) is 3.01. The van der Waals surface area contributed by atoms with Gasteiger partial charge < -0.3 is 10.4 Å². The minimum absolute atomic E-state index is 0.0575. The fourth-order valence-corrected chi connectivity index (χ4v) is 2.12. The van der Waals surface area contributed by atoms with Gasteiger partial charge in [0, 0.05) is 29.6 Å². The van der Waals surface area contributed by atoms with Crippen molar-refractivity contribution >= 4 is 11.3 Å². The molecule has 1 aromatic carbocycles. The summed E-state index contributed by atoms with van der Waals surface area (Å²) in [5, 5.41) is 14.3. The average molecular weight is 252 g/mol. The van der Waals surface area contributed by atoms with Crippen LogP contribution >= 0.6 is 11.3 Å². The van der Waals surface area contributed by atoms with Crippen molar-refractivity contribution in [1.82, 2.24) is 10.3 Å². The molecule has 1 aromatic heterocycles. The molecule has 0 amide bonds. The molecule has 0 fully saturated rings. The number of benzene rings is 1. The molecule has 0 aliphatic rings. The Kier molecular flexibility index (Phi) is 3.71. The molecule has 0 saturated carbocycles. The largest absolute Gasteiger partial charge is 0.508 e. The molecule has 0 bridgehead atoms. The van der Waals surface area contributed by atoms with Gasteiger partial charge in [-0.3, -0.25) is 0 Å². The first-order valence-electron chi connectivity index (χ1n) is 5.25. The summed E-state index contributed by atoms with van der Waals surface area (Å²) in [5.41, 5.74) is 3.25. The standard InChI is InChI=1S/C12H13FN2OS/c1-8(14-5-9-6-17-7-15-9)11-3-2-10(16)4-12(11)13/h2-4,6-8,14,16H,5H2,1H3. The van der Waals surface area contributed by atoms with Crippen LogP contribution in [0.1, 0.15) is 24.2 Å². The summed E-state index contributed by atoms with van der Waals surface area (Å²) in [6.45, 7) is 2.48. The van der Waals surface area contributed by atoms with Gasteiger partial charge in [-0.1, -0.05) is 6.07 Å². The number of rotatable bonds is 4. The summed E-state index contributed by atoms with van der Waals surface area (Å²) < 4.78 is 13.6. The molecule has 90 valence electrons. The first kappa shape index (κ1) is 12.0. The number of aromatic nitrogens is 1. The maximum absolute atomic E-state index is 13.6. The summed E-state index contributed by atoms with van der Waals surface area (Å²) in [7, 11) is 0. The van der Waals surface area contributed by atoms with E-state index in [1.807, 2.05) is 12.3 Å². The molecule has 0 aliphatic heterocycles. The fourth-order valence-electron chi connectivity index (χ4n) is 1.56. The van der Waals surface area contributed by atoms with Crippen molar-refractivity contribution < 1.29 is 9.50 Å². The van der Waals surface area contributed by atoms with E-state index in [1.54, 1.807) is 11.6 Å². The van der Waals surface area contributed by atoms with E-state index in [0.29, 0.717) is 12.1 Å². The number of phenolic OH excluding ortho intramolecular Hbond substituents is 1. The van der Waals surface area contributed by atoms with Gasteiger partial charge >= 0.3 is 0 Å². The predicted octanol–water partition coefficient (Wildman–Crippen LogP) is 2.84. The average Bonchev–Trinajstić information content (AvgIpc) is 2.78. The van der Waals surface area contributed by atoms with E-state index in [-0.39, 0.29) is 11.8 Å². The quantitative estimate of drug-likeness (QED) is 0.879. The van der Waals surface area contributed by atoms with Crippen LogP contribution < -0.4 is 5.32 Å². The van der Waals surface area contributed by atoms with E-state index in [2.05, 4.69) is 10.3 Å². The van der Waals surface area contributed by atoms with Gasteiger partial charge in [0.05, 0.1) is 11.2 Å². The second-order valence-electron chi connectivity index (χ2n) is 3.79. The van der Waals surface area contributed by atoms with Crippen molar-refractivity contribution in [3.63, 3.8) is 0 Å². The van der Waals surface area contributed by atoms with Crippen LogP contribution in [0.5, 0.6) is 5.75 Å². The number of thiazole rings is 1. The number of phenols is 1. The smallest absolute Gasteiger partial charge is 0.131 e. The topological polar surface area (TPSA) is 45.2 Å². The molecule has 1 unspecified atom stereocenters. The van der Waals surface area contributed by atoms with Gasteiger partial charge in [0.1, 0.15) is 11.6 Å². The van der Waals surface area contributed by atoms with Crippen LogP contribution in [0.4, 0.5) is 4.39 Å². The predicted molar refractivity (Wildman–Crippen MR) is 65.4 cm³/mol. The highest BCUT2D eigenvalue weighted by Gasteiger charge is 2.11. The number of hydrogen-bond acceptors (Lipinski definition) is 4. The molecule has 2 rings (SSSR count). The highest BCUT2D eigenvalue weighted by molar-refractivity contribution is 7.07. The molecule has 1 heterocycles. The Labute approximate surface area is 103 Å². The van der Waals surface area contributed by atoms with E-state index in [4.69, 9.17) is 5.11 Å². The molecular weight excluding hydrogens is 239 g/mol. The Morgan fingerprint density at radius 3 is 3.00 bits per heavy atom. The Morgan fingerprint density at radius 1 is 1.53 bits per heavy atom. The van der Waals surface area contributed by atoms with Gasteiger partial charge in [-0.05, 0) is 13.0 Å². The van der Waals surface area contributed by atoms with Crippen molar-refractivity contribution in [1.29, 1.82) is 0 Å². The third-order valence-electron chi connectivity index (χ3n) is 2.52. The van der Waals surface area contributed by atoms with Crippen molar-refractivity contribution in [2.75, 3.05) is 0 Å². The van der Waals surface area contributed by atoms with Gasteiger partial charge in [0.15, 0.2) is 0 Å². The molecule has 0 radical (unpaired) electrons. The third-order valence-corrected chi connectivity index (χ3v) is 3.16. The molecule has 1 atom stereocenters. The second-order valence-corrected chi connectivity index (χ2v) is 4.51. The van der Waals surface area contributed by atoms with Crippen molar-refractivity contribution in [2.24, 2.45) is 0 Å². The van der Waals surface area contributed by atoms with E-state index in [9.17, 15) is 4.39 Å². The number of nitrogens with one attached hydrogen (secondary N) is 1. The zero-order chi connectivity index (χ0) is 12.3. The zero-order valence-electron chi connectivity index (χ0n) is 9.35. The molecule has 0 spiro atoms. The summed E-state index contributed by atoms with van der Waals surface area (Å²) in [5.74, 6) is -0.457. The van der Waals surface area contributed by atoms with Crippen molar-refractivity contribution in [3.8, 4) is 5.75 Å². The molecular formula is C12H13FN2OS. The van der Waals surface area contributed by atoms with Gasteiger partial charge in [0.25, 0.3) is 0 Å². The molecule has 2 N–H and O–H groups in total. The molecule has 0 saturated heterocycles. The SMILES string of the molecule is CC(NCc1cscn1)c1ccc(O)cc1F. The van der Waals surface area contributed by atoms with Crippen LogP contribution in [0.15, 0.2) is 29.1 Å². The minimum atomic E-state index is -0.400. The van der Waals surface area contributed by atoms with Crippen LogP contribution in [0, 0.1) is 5.82 Å². The molecule has 5 heteroatoms. The zero-order valence-corrected chi connectivity index (χ0v) is 10.2. The Hall–Kier alpha value is -1.46. The first-order valence-corrected chi connectivity index (χ1v) is 6.20. The summed E-state index contributed by atoms with van der Waals surface area (Å²) >= 11 is 1.53. The fraction of sp³-hybridized carbons (Fsp3) is 0.250. The lowest BCUT2D eigenvalue weighted by Gasteiger charge is -2.14. The number of aromatic hydroxyl groups is 1. The van der Waals surface area contributed by atoms with Crippen LogP contribution in [0.25, 0.3) is 0 Å². The van der Waals surface area contributed by atoms with Gasteiger partial charge in [0.2, 0.25) is 0 Å². The molecule has 2 aromatic rings. The second kappa shape index (κ2) is 5.25. The van der Waals surface area contributed by atoms with E-state index < -0.39 is 5.82 Å². The van der Waals surface area contributed by atoms with Crippen molar-refractivity contribution in [3.05, 3.63) is 46.2 Å². The maximum Gasteiger partial charge on any atom is 0.131 e. The molecule has 0 aliphatic carbocycles. The first-order chi connectivity index (χ1) is 8.16. The van der Waals surface area contributed by atoms with Crippen LogP contribution in [0.3, 0.4) is 0 Å². The number of nitrogens with zero attached hydrogens (tertiary/aromatic N) is 1. The Balaban J connectivity index is 2.01. The number of halogens is 1. The lowest BCUT2D eigenvalue weighted by Crippen LogP contribution is -2.19. The molecule has 3 nitrogen and oxygen atoms in total. The summed E-state index contributed by atoms with van der Waals surface area (Å²) in [6, 6.07) is 4.07. The van der Waals surface area contributed by atoms with Gasteiger partial charge in [-0.25, -0.2) is 9.37 Å². The monoisotopic (exact) mass is 252 g/mol.